The van der Waals surface area contributed by atoms with Gasteiger partial charge in [0.25, 0.3) is 5.91 Å². The van der Waals surface area contributed by atoms with Crippen molar-refractivity contribution in [2.45, 2.75) is 25.5 Å². The highest BCUT2D eigenvalue weighted by atomic mass is 16.5. The number of rotatable bonds is 2. The van der Waals surface area contributed by atoms with E-state index in [9.17, 15) is 14.7 Å². The van der Waals surface area contributed by atoms with Gasteiger partial charge < -0.3 is 19.2 Å². The predicted octanol–water partition coefficient (Wildman–Crippen LogP) is -0.269. The van der Waals surface area contributed by atoms with Crippen molar-refractivity contribution in [2.75, 3.05) is 13.7 Å². The van der Waals surface area contributed by atoms with E-state index in [-0.39, 0.29) is 18.7 Å². The third-order valence-electron chi connectivity index (χ3n) is 2.95. The molecular weight excluding hydrogens is 240 g/mol. The molecule has 2 atom stereocenters. The number of hydrogen-bond acceptors (Lipinski definition) is 6. The van der Waals surface area contributed by atoms with Crippen LogP contribution in [0.5, 0.6) is 0 Å². The van der Waals surface area contributed by atoms with E-state index in [2.05, 4.69) is 9.72 Å². The van der Waals surface area contributed by atoms with E-state index in [4.69, 9.17) is 4.42 Å². The second-order valence-electron chi connectivity index (χ2n) is 4.15. The lowest BCUT2D eigenvalue weighted by Crippen LogP contribution is -2.41. The first-order valence-corrected chi connectivity index (χ1v) is 5.51. The third kappa shape index (κ3) is 2.08. The van der Waals surface area contributed by atoms with Crippen LogP contribution >= 0.6 is 0 Å². The Bertz CT molecular complexity index is 470. The number of aliphatic hydroxyl groups is 1. The zero-order valence-electron chi connectivity index (χ0n) is 10.1. The summed E-state index contributed by atoms with van der Waals surface area (Å²) in [6.45, 7) is 1.72. The van der Waals surface area contributed by atoms with Crippen LogP contribution in [0.1, 0.15) is 22.7 Å². The maximum Gasteiger partial charge on any atom is 0.328 e. The molecule has 7 heteroatoms. The number of carbonyl (C=O) groups is 2. The standard InChI is InChI=1S/C11H14N2O5/c1-6-9(18-5-12-6)10(15)13-4-7(14)3-8(13)11(16)17-2/h5,7-8,14H,3-4H2,1-2H3. The molecule has 18 heavy (non-hydrogen) atoms. The number of ether oxygens (including phenoxy) is 1. The molecule has 0 radical (unpaired) electrons. The minimum atomic E-state index is -0.776. The van der Waals surface area contributed by atoms with Crippen LogP contribution in [0.3, 0.4) is 0 Å². The van der Waals surface area contributed by atoms with Crippen LogP contribution < -0.4 is 0 Å². The van der Waals surface area contributed by atoms with E-state index in [0.29, 0.717) is 5.69 Å². The largest absolute Gasteiger partial charge is 0.467 e. The first kappa shape index (κ1) is 12.6. The molecule has 0 saturated carbocycles. The smallest absolute Gasteiger partial charge is 0.328 e. The number of likely N-dealkylation sites (tertiary alicyclic amines) is 1. The zero-order valence-corrected chi connectivity index (χ0v) is 10.1. The van der Waals surface area contributed by atoms with Gasteiger partial charge in [0.1, 0.15) is 6.04 Å². The van der Waals surface area contributed by atoms with Gasteiger partial charge in [-0.25, -0.2) is 9.78 Å². The molecule has 1 N–H and O–H groups in total. The van der Waals surface area contributed by atoms with Gasteiger partial charge in [0.05, 0.1) is 18.9 Å². The van der Waals surface area contributed by atoms with Crippen molar-refractivity contribution in [1.29, 1.82) is 0 Å². The summed E-state index contributed by atoms with van der Waals surface area (Å²) in [4.78, 5) is 28.8. The molecule has 1 saturated heterocycles. The van der Waals surface area contributed by atoms with Gasteiger partial charge >= 0.3 is 5.97 Å². The Kier molecular flexibility index (Phi) is 3.33. The van der Waals surface area contributed by atoms with Gasteiger partial charge in [0.2, 0.25) is 5.76 Å². The summed E-state index contributed by atoms with van der Waals surface area (Å²) in [7, 11) is 1.25. The number of oxazole rings is 1. The maximum atomic E-state index is 12.2. The Morgan fingerprint density at radius 1 is 1.61 bits per heavy atom. The van der Waals surface area contributed by atoms with E-state index in [1.165, 1.54) is 18.4 Å². The van der Waals surface area contributed by atoms with Crippen LogP contribution in [0, 0.1) is 6.92 Å². The third-order valence-corrected chi connectivity index (χ3v) is 2.95. The van der Waals surface area contributed by atoms with Gasteiger partial charge in [-0.05, 0) is 6.92 Å². The second kappa shape index (κ2) is 4.77. The summed E-state index contributed by atoms with van der Waals surface area (Å²) < 4.78 is 9.62. The highest BCUT2D eigenvalue weighted by Gasteiger charge is 2.41. The van der Waals surface area contributed by atoms with Crippen LogP contribution in [0.2, 0.25) is 0 Å². The Balaban J connectivity index is 2.23. The molecule has 0 bridgehead atoms. The number of esters is 1. The monoisotopic (exact) mass is 254 g/mol. The molecule has 2 heterocycles. The Labute approximate surface area is 103 Å². The molecule has 1 aromatic rings. The molecule has 0 spiro atoms. The summed E-state index contributed by atoms with van der Waals surface area (Å²) in [6, 6.07) is -0.776. The molecule has 98 valence electrons. The van der Waals surface area contributed by atoms with Crippen molar-refractivity contribution in [1.82, 2.24) is 9.88 Å². The Morgan fingerprint density at radius 3 is 2.89 bits per heavy atom. The molecule has 0 aliphatic carbocycles. The number of hydrogen-bond donors (Lipinski definition) is 1. The van der Waals surface area contributed by atoms with Crippen LogP contribution in [0.25, 0.3) is 0 Å². The van der Waals surface area contributed by atoms with Crippen molar-refractivity contribution >= 4 is 11.9 Å². The van der Waals surface area contributed by atoms with Crippen molar-refractivity contribution in [3.8, 4) is 0 Å². The van der Waals surface area contributed by atoms with Crippen molar-refractivity contribution in [3.05, 3.63) is 17.8 Å². The second-order valence-corrected chi connectivity index (χ2v) is 4.15. The SMILES string of the molecule is COC(=O)C1CC(O)CN1C(=O)c1ocnc1C. The van der Waals surface area contributed by atoms with E-state index in [0.717, 1.165) is 0 Å². The predicted molar refractivity (Wildman–Crippen MR) is 58.7 cm³/mol. The lowest BCUT2D eigenvalue weighted by molar-refractivity contribution is -0.145. The average molecular weight is 254 g/mol. The van der Waals surface area contributed by atoms with Gasteiger partial charge in [-0.2, -0.15) is 0 Å². The topological polar surface area (TPSA) is 92.9 Å². The van der Waals surface area contributed by atoms with Gasteiger partial charge in [0, 0.05) is 13.0 Å². The Morgan fingerprint density at radius 2 is 2.33 bits per heavy atom. The Hall–Kier alpha value is -1.89. The summed E-state index contributed by atoms with van der Waals surface area (Å²) in [5.74, 6) is -0.924. The molecule has 1 aromatic heterocycles. The number of β-amino-alcohol motifs (C(OH)–C–C–N with tert-alkyl or cyclic N) is 1. The number of amides is 1. The molecule has 0 aromatic carbocycles. The minimum Gasteiger partial charge on any atom is -0.467 e. The normalized spacial score (nSPS) is 23.2. The summed E-state index contributed by atoms with van der Waals surface area (Å²) in [6.07, 6.45) is 0.606. The lowest BCUT2D eigenvalue weighted by Gasteiger charge is -2.21. The van der Waals surface area contributed by atoms with E-state index in [1.807, 2.05) is 0 Å². The van der Waals surface area contributed by atoms with Gasteiger partial charge in [-0.3, -0.25) is 4.79 Å². The number of methoxy groups -OCH3 is 1. The fourth-order valence-corrected chi connectivity index (χ4v) is 2.04. The quantitative estimate of drug-likeness (QED) is 0.730. The maximum absolute atomic E-state index is 12.2. The molecule has 1 amide bonds. The first-order valence-electron chi connectivity index (χ1n) is 5.51. The molecule has 7 nitrogen and oxygen atoms in total. The fourth-order valence-electron chi connectivity index (χ4n) is 2.04. The number of aliphatic hydroxyl groups excluding tert-OH is 1. The van der Waals surface area contributed by atoms with Crippen molar-refractivity contribution in [3.63, 3.8) is 0 Å². The van der Waals surface area contributed by atoms with Gasteiger partial charge in [-0.1, -0.05) is 0 Å². The highest BCUT2D eigenvalue weighted by molar-refractivity contribution is 5.95. The number of aryl methyl sites for hydroxylation is 1. The molecule has 2 unspecified atom stereocenters. The zero-order chi connectivity index (χ0) is 13.3. The van der Waals surface area contributed by atoms with Crippen LogP contribution in [-0.4, -0.2) is 52.7 Å². The summed E-state index contributed by atoms with van der Waals surface area (Å²) >= 11 is 0. The van der Waals surface area contributed by atoms with E-state index >= 15 is 0 Å². The van der Waals surface area contributed by atoms with Gasteiger partial charge in [-0.15, -0.1) is 0 Å². The number of aromatic nitrogens is 1. The molecule has 2 rings (SSSR count). The van der Waals surface area contributed by atoms with Crippen molar-refractivity contribution < 1.29 is 23.8 Å². The minimum absolute atomic E-state index is 0.0815. The molecule has 1 aliphatic heterocycles. The van der Waals surface area contributed by atoms with Crippen molar-refractivity contribution in [2.24, 2.45) is 0 Å². The summed E-state index contributed by atoms with van der Waals surface area (Å²) in [5.41, 5.74) is 0.449. The van der Waals surface area contributed by atoms with Crippen LogP contribution in [-0.2, 0) is 9.53 Å². The first-order chi connectivity index (χ1) is 8.54. The van der Waals surface area contributed by atoms with E-state index in [1.54, 1.807) is 6.92 Å². The molecule has 1 fully saturated rings. The number of carbonyl (C=O) groups excluding carboxylic acids is 2. The van der Waals surface area contributed by atoms with Crippen LogP contribution in [0.4, 0.5) is 0 Å². The van der Waals surface area contributed by atoms with Gasteiger partial charge in [0.15, 0.2) is 6.39 Å². The average Bonchev–Trinajstić information content (AvgIpc) is 2.93. The van der Waals surface area contributed by atoms with E-state index < -0.39 is 24.0 Å². The number of nitrogens with zero attached hydrogens (tertiary/aromatic N) is 2. The van der Waals surface area contributed by atoms with Crippen LogP contribution in [0.15, 0.2) is 10.8 Å². The summed E-state index contributed by atoms with van der Waals surface area (Å²) in [5, 5.41) is 9.58. The molecular formula is C11H14N2O5. The highest BCUT2D eigenvalue weighted by Crippen LogP contribution is 2.22. The fraction of sp³-hybridized carbons (Fsp3) is 0.545. The molecule has 1 aliphatic rings. The lowest BCUT2D eigenvalue weighted by atomic mass is 10.2.